The van der Waals surface area contributed by atoms with Gasteiger partial charge in [0.15, 0.2) is 0 Å². The van der Waals surface area contributed by atoms with Crippen molar-refractivity contribution in [3.05, 3.63) is 29.6 Å². The van der Waals surface area contributed by atoms with Crippen molar-refractivity contribution in [3.63, 3.8) is 0 Å². The number of hydrogen-bond donors (Lipinski definition) is 2. The number of alkyl halides is 3. The highest BCUT2D eigenvalue weighted by Gasteiger charge is 2.34. The lowest BCUT2D eigenvalue weighted by Crippen LogP contribution is -2.34. The normalized spacial score (nSPS) is 16.7. The summed E-state index contributed by atoms with van der Waals surface area (Å²) in [4.78, 5) is 6.07. The lowest BCUT2D eigenvalue weighted by molar-refractivity contribution is -0.137. The van der Waals surface area contributed by atoms with Crippen LogP contribution >= 0.6 is 0 Å². The highest BCUT2D eigenvalue weighted by Crippen LogP contribution is 2.36. The SMILES string of the molecule is CC(C)n1nc(-c2cnc(N)c(C(F)(F)F)c2)cc1C1CCN(CCCO)CC1. The summed E-state index contributed by atoms with van der Waals surface area (Å²) in [5, 5.41) is 13.6. The molecule has 6 nitrogen and oxygen atoms in total. The molecule has 3 N–H and O–H groups in total. The van der Waals surface area contributed by atoms with E-state index in [0.717, 1.165) is 50.7 Å². The van der Waals surface area contributed by atoms with E-state index in [2.05, 4.69) is 15.0 Å². The van der Waals surface area contributed by atoms with E-state index in [-0.39, 0.29) is 12.6 Å². The molecule has 0 aromatic carbocycles. The topological polar surface area (TPSA) is 80.2 Å². The third-order valence-electron chi connectivity index (χ3n) is 5.41. The zero-order chi connectivity index (χ0) is 21.2. The van der Waals surface area contributed by atoms with Crippen LogP contribution in [0.1, 0.15) is 56.3 Å². The van der Waals surface area contributed by atoms with Crippen LogP contribution in [0, 0.1) is 0 Å². The third-order valence-corrected chi connectivity index (χ3v) is 5.41. The van der Waals surface area contributed by atoms with E-state index < -0.39 is 17.6 Å². The number of hydrogen-bond acceptors (Lipinski definition) is 5. The molecule has 2 aromatic rings. The lowest BCUT2D eigenvalue weighted by atomic mass is 9.92. The van der Waals surface area contributed by atoms with Gasteiger partial charge < -0.3 is 15.7 Å². The number of likely N-dealkylation sites (tertiary alicyclic amines) is 1. The standard InChI is InChI=1S/C20H28F3N5O/c1-13(2)28-18(14-4-7-27(8-5-14)6-3-9-29)11-17(26-28)15-10-16(20(21,22)23)19(24)25-12-15/h10-14,29H,3-9H2,1-2H3,(H2,24,25). The predicted molar refractivity (Wildman–Crippen MR) is 105 cm³/mol. The van der Waals surface area contributed by atoms with Gasteiger partial charge in [0.05, 0.1) is 11.3 Å². The van der Waals surface area contributed by atoms with E-state index in [1.165, 1.54) is 6.20 Å². The minimum absolute atomic E-state index is 0.0926. The second-order valence-electron chi connectivity index (χ2n) is 7.84. The maximum atomic E-state index is 13.2. The van der Waals surface area contributed by atoms with Gasteiger partial charge in [-0.15, -0.1) is 0 Å². The quantitative estimate of drug-likeness (QED) is 0.758. The number of aromatic nitrogens is 3. The van der Waals surface area contributed by atoms with Gasteiger partial charge in [-0.2, -0.15) is 18.3 Å². The van der Waals surface area contributed by atoms with E-state index >= 15 is 0 Å². The second-order valence-corrected chi connectivity index (χ2v) is 7.84. The molecule has 2 aromatic heterocycles. The third kappa shape index (κ3) is 4.90. The number of halogens is 3. The summed E-state index contributed by atoms with van der Waals surface area (Å²) in [6.07, 6.45) is -0.532. The van der Waals surface area contributed by atoms with Crippen molar-refractivity contribution < 1.29 is 18.3 Å². The van der Waals surface area contributed by atoms with Crippen molar-refractivity contribution in [1.82, 2.24) is 19.7 Å². The number of aliphatic hydroxyl groups is 1. The summed E-state index contributed by atoms with van der Waals surface area (Å²) in [6, 6.07) is 3.01. The molecule has 0 atom stereocenters. The number of nitrogen functional groups attached to an aromatic ring is 1. The van der Waals surface area contributed by atoms with Crippen molar-refractivity contribution in [2.24, 2.45) is 0 Å². The Morgan fingerprint density at radius 3 is 2.52 bits per heavy atom. The van der Waals surface area contributed by atoms with Gasteiger partial charge in [-0.1, -0.05) is 0 Å². The first-order chi connectivity index (χ1) is 13.7. The smallest absolute Gasteiger partial charge is 0.396 e. The van der Waals surface area contributed by atoms with Gasteiger partial charge in [0.1, 0.15) is 5.82 Å². The average Bonchev–Trinajstić information content (AvgIpc) is 3.12. The molecule has 0 saturated carbocycles. The molecule has 160 valence electrons. The monoisotopic (exact) mass is 411 g/mol. The minimum atomic E-state index is -4.56. The number of anilines is 1. The van der Waals surface area contributed by atoms with Crippen molar-refractivity contribution >= 4 is 5.82 Å². The molecule has 3 rings (SSSR count). The molecule has 1 aliphatic rings. The minimum Gasteiger partial charge on any atom is -0.396 e. The molecule has 0 unspecified atom stereocenters. The molecule has 3 heterocycles. The first kappa shape index (κ1) is 21.6. The van der Waals surface area contributed by atoms with Gasteiger partial charge in [-0.3, -0.25) is 4.68 Å². The average molecular weight is 411 g/mol. The molecule has 0 amide bonds. The molecule has 1 aliphatic heterocycles. The first-order valence-corrected chi connectivity index (χ1v) is 9.96. The Kier molecular flexibility index (Phi) is 6.48. The molecule has 0 radical (unpaired) electrons. The van der Waals surface area contributed by atoms with Crippen LogP contribution in [0.5, 0.6) is 0 Å². The number of rotatable bonds is 6. The Balaban J connectivity index is 1.87. The molecule has 29 heavy (non-hydrogen) atoms. The van der Waals surface area contributed by atoms with E-state index in [1.807, 2.05) is 24.6 Å². The predicted octanol–water partition coefficient (Wildman–Crippen LogP) is 3.69. The molecule has 1 fully saturated rings. The van der Waals surface area contributed by atoms with Crippen molar-refractivity contribution in [2.75, 3.05) is 32.0 Å². The highest BCUT2D eigenvalue weighted by atomic mass is 19.4. The molecule has 0 bridgehead atoms. The number of aliphatic hydroxyl groups excluding tert-OH is 1. The van der Waals surface area contributed by atoms with Crippen LogP contribution in [-0.2, 0) is 6.18 Å². The van der Waals surface area contributed by atoms with Gasteiger partial charge in [0.25, 0.3) is 0 Å². The maximum Gasteiger partial charge on any atom is 0.419 e. The zero-order valence-corrected chi connectivity index (χ0v) is 16.8. The van der Waals surface area contributed by atoms with Crippen molar-refractivity contribution in [2.45, 2.75) is 51.2 Å². The Bertz CT molecular complexity index is 826. The highest BCUT2D eigenvalue weighted by molar-refractivity contribution is 5.62. The van der Waals surface area contributed by atoms with Crippen molar-refractivity contribution in [3.8, 4) is 11.3 Å². The van der Waals surface area contributed by atoms with E-state index in [9.17, 15) is 13.2 Å². The summed E-state index contributed by atoms with van der Waals surface area (Å²) in [6.45, 7) is 6.97. The van der Waals surface area contributed by atoms with Crippen LogP contribution in [0.4, 0.5) is 19.0 Å². The fourth-order valence-corrected chi connectivity index (χ4v) is 3.86. The van der Waals surface area contributed by atoms with E-state index in [1.54, 1.807) is 0 Å². The van der Waals surface area contributed by atoms with Gasteiger partial charge in [-0.25, -0.2) is 4.98 Å². The molecule has 1 saturated heterocycles. The molecular weight excluding hydrogens is 383 g/mol. The van der Waals surface area contributed by atoms with E-state index in [0.29, 0.717) is 17.2 Å². The Hall–Kier alpha value is -2.13. The molecule has 0 aliphatic carbocycles. The van der Waals surface area contributed by atoms with Crippen LogP contribution in [0.15, 0.2) is 18.3 Å². The number of nitrogens with zero attached hydrogens (tertiary/aromatic N) is 4. The number of nitrogens with two attached hydrogens (primary N) is 1. The fourth-order valence-electron chi connectivity index (χ4n) is 3.86. The largest absolute Gasteiger partial charge is 0.419 e. The summed E-state index contributed by atoms with van der Waals surface area (Å²) in [7, 11) is 0. The lowest BCUT2D eigenvalue weighted by Gasteiger charge is -2.32. The fraction of sp³-hybridized carbons (Fsp3) is 0.600. The van der Waals surface area contributed by atoms with Gasteiger partial charge in [0.2, 0.25) is 0 Å². The van der Waals surface area contributed by atoms with Crippen LogP contribution in [0.25, 0.3) is 11.3 Å². The molecule has 0 spiro atoms. The van der Waals surface area contributed by atoms with Gasteiger partial charge >= 0.3 is 6.18 Å². The van der Waals surface area contributed by atoms with Gasteiger partial charge in [-0.05, 0) is 58.3 Å². The van der Waals surface area contributed by atoms with Crippen molar-refractivity contribution in [1.29, 1.82) is 0 Å². The molecular formula is C20H28F3N5O. The summed E-state index contributed by atoms with van der Waals surface area (Å²) < 4.78 is 41.5. The number of pyridine rings is 1. The van der Waals surface area contributed by atoms with Gasteiger partial charge in [0, 0.05) is 42.6 Å². The second kappa shape index (κ2) is 8.71. The molecule has 9 heteroatoms. The Morgan fingerprint density at radius 2 is 1.93 bits per heavy atom. The Labute approximate surface area is 168 Å². The summed E-state index contributed by atoms with van der Waals surface area (Å²) >= 11 is 0. The maximum absolute atomic E-state index is 13.2. The van der Waals surface area contributed by atoms with E-state index in [4.69, 9.17) is 10.8 Å². The zero-order valence-electron chi connectivity index (χ0n) is 16.8. The van der Waals surface area contributed by atoms with Crippen LogP contribution in [0.3, 0.4) is 0 Å². The summed E-state index contributed by atoms with van der Waals surface area (Å²) in [5.41, 5.74) is 6.32. The number of piperidine rings is 1. The summed E-state index contributed by atoms with van der Waals surface area (Å²) in [5.74, 6) is -0.229. The van der Waals surface area contributed by atoms with Crippen LogP contribution in [0.2, 0.25) is 0 Å². The first-order valence-electron chi connectivity index (χ1n) is 9.96. The van der Waals surface area contributed by atoms with Crippen LogP contribution < -0.4 is 5.73 Å². The van der Waals surface area contributed by atoms with Crippen LogP contribution in [-0.4, -0.2) is 51.0 Å². The Morgan fingerprint density at radius 1 is 1.24 bits per heavy atom.